The first kappa shape index (κ1) is 13.4. The van der Waals surface area contributed by atoms with Gasteiger partial charge in [-0.1, -0.05) is 6.07 Å². The Bertz CT molecular complexity index is 423. The molecule has 100 valence electrons. The van der Waals surface area contributed by atoms with Crippen LogP contribution >= 0.6 is 0 Å². The van der Waals surface area contributed by atoms with Crippen molar-refractivity contribution in [1.29, 1.82) is 0 Å². The summed E-state index contributed by atoms with van der Waals surface area (Å²) in [5, 5.41) is 7.01. The second kappa shape index (κ2) is 5.72. The maximum absolute atomic E-state index is 5.47. The smallest absolute Gasteiger partial charge is 0.124 e. The van der Waals surface area contributed by atoms with Crippen LogP contribution in [0.15, 0.2) is 6.07 Å². The van der Waals surface area contributed by atoms with Crippen LogP contribution in [0.1, 0.15) is 22.3 Å². The largest absolute Gasteiger partial charge is 0.496 e. The second-order valence-electron chi connectivity index (χ2n) is 5.20. The van der Waals surface area contributed by atoms with Crippen molar-refractivity contribution < 1.29 is 4.74 Å². The molecular formula is C15H24N2O. The third kappa shape index (κ3) is 2.68. The fourth-order valence-electron chi connectivity index (χ4n) is 2.79. The van der Waals surface area contributed by atoms with Crippen LogP contribution in [0, 0.1) is 20.8 Å². The van der Waals surface area contributed by atoms with Gasteiger partial charge in [0.2, 0.25) is 0 Å². The highest BCUT2D eigenvalue weighted by Gasteiger charge is 2.16. The van der Waals surface area contributed by atoms with Gasteiger partial charge in [-0.15, -0.1) is 0 Å². The third-order valence-corrected chi connectivity index (χ3v) is 3.93. The molecule has 3 nitrogen and oxygen atoms in total. The maximum atomic E-state index is 5.47. The second-order valence-corrected chi connectivity index (χ2v) is 5.20. The van der Waals surface area contributed by atoms with Crippen LogP contribution in [-0.2, 0) is 6.42 Å². The number of hydrogen-bond acceptors (Lipinski definition) is 3. The summed E-state index contributed by atoms with van der Waals surface area (Å²) in [6, 6.07) is 2.82. The molecule has 1 aliphatic heterocycles. The number of rotatable bonds is 3. The highest BCUT2D eigenvalue weighted by molar-refractivity contribution is 5.49. The fourth-order valence-corrected chi connectivity index (χ4v) is 2.79. The van der Waals surface area contributed by atoms with Gasteiger partial charge in [-0.25, -0.2) is 0 Å². The summed E-state index contributed by atoms with van der Waals surface area (Å²) >= 11 is 0. The van der Waals surface area contributed by atoms with E-state index in [-0.39, 0.29) is 0 Å². The van der Waals surface area contributed by atoms with Crippen molar-refractivity contribution in [3.63, 3.8) is 0 Å². The van der Waals surface area contributed by atoms with E-state index in [1.54, 1.807) is 7.11 Å². The molecule has 0 bridgehead atoms. The lowest BCUT2D eigenvalue weighted by Gasteiger charge is -2.26. The fraction of sp³-hybridized carbons (Fsp3) is 0.600. The van der Waals surface area contributed by atoms with E-state index >= 15 is 0 Å². The van der Waals surface area contributed by atoms with Gasteiger partial charge in [0.25, 0.3) is 0 Å². The predicted octanol–water partition coefficient (Wildman–Crippen LogP) is 1.72. The van der Waals surface area contributed by atoms with Gasteiger partial charge < -0.3 is 15.4 Å². The average Bonchev–Trinajstić information content (AvgIpc) is 2.37. The van der Waals surface area contributed by atoms with E-state index < -0.39 is 0 Å². The number of methoxy groups -OCH3 is 1. The third-order valence-electron chi connectivity index (χ3n) is 3.93. The summed E-state index contributed by atoms with van der Waals surface area (Å²) in [7, 11) is 1.75. The Kier molecular flexibility index (Phi) is 4.25. The van der Waals surface area contributed by atoms with Crippen molar-refractivity contribution in [3.8, 4) is 5.75 Å². The molecule has 0 radical (unpaired) electrons. The van der Waals surface area contributed by atoms with E-state index in [2.05, 4.69) is 37.5 Å². The molecule has 1 unspecified atom stereocenters. The standard InChI is InChI=1S/C15H24N2O/c1-10-7-13(8-14-9-16-5-6-17-14)11(2)12(3)15(10)18-4/h7,14,16-17H,5-6,8-9H2,1-4H3. The molecule has 18 heavy (non-hydrogen) atoms. The summed E-state index contributed by atoms with van der Waals surface area (Å²) in [5.41, 5.74) is 5.31. The lowest BCUT2D eigenvalue weighted by molar-refractivity contribution is 0.405. The predicted molar refractivity (Wildman–Crippen MR) is 75.6 cm³/mol. The van der Waals surface area contributed by atoms with Gasteiger partial charge in [0.1, 0.15) is 5.75 Å². The minimum Gasteiger partial charge on any atom is -0.496 e. The van der Waals surface area contributed by atoms with Gasteiger partial charge in [-0.2, -0.15) is 0 Å². The van der Waals surface area contributed by atoms with E-state index in [9.17, 15) is 0 Å². The minimum atomic E-state index is 0.546. The molecule has 0 aromatic heterocycles. The van der Waals surface area contributed by atoms with E-state index in [1.807, 2.05) is 0 Å². The molecule has 1 fully saturated rings. The lowest BCUT2D eigenvalue weighted by atomic mass is 9.94. The Morgan fingerprint density at radius 2 is 2.00 bits per heavy atom. The molecule has 1 heterocycles. The van der Waals surface area contributed by atoms with Crippen LogP contribution in [-0.4, -0.2) is 32.8 Å². The molecule has 1 aliphatic rings. The Hall–Kier alpha value is -1.06. The quantitative estimate of drug-likeness (QED) is 0.854. The molecule has 1 saturated heterocycles. The zero-order valence-electron chi connectivity index (χ0n) is 11.9. The lowest BCUT2D eigenvalue weighted by Crippen LogP contribution is -2.49. The number of aryl methyl sites for hydroxylation is 1. The highest BCUT2D eigenvalue weighted by Crippen LogP contribution is 2.29. The molecule has 0 spiro atoms. The maximum Gasteiger partial charge on any atom is 0.124 e. The molecule has 2 N–H and O–H groups in total. The molecule has 0 saturated carbocycles. The normalized spacial score (nSPS) is 19.9. The van der Waals surface area contributed by atoms with Crippen LogP contribution in [0.25, 0.3) is 0 Å². The zero-order valence-corrected chi connectivity index (χ0v) is 11.9. The monoisotopic (exact) mass is 248 g/mol. The molecule has 0 amide bonds. The summed E-state index contributed by atoms with van der Waals surface area (Å²) in [6.07, 6.45) is 1.09. The van der Waals surface area contributed by atoms with Crippen LogP contribution in [0.3, 0.4) is 0 Å². The molecule has 2 rings (SSSR count). The highest BCUT2D eigenvalue weighted by atomic mass is 16.5. The van der Waals surface area contributed by atoms with Crippen molar-refractivity contribution in [2.24, 2.45) is 0 Å². The Balaban J connectivity index is 2.22. The SMILES string of the molecule is COc1c(C)cc(CC2CNCCN2)c(C)c1C. The van der Waals surface area contributed by atoms with Crippen molar-refractivity contribution in [1.82, 2.24) is 10.6 Å². The van der Waals surface area contributed by atoms with Crippen molar-refractivity contribution in [2.45, 2.75) is 33.2 Å². The number of hydrogen-bond donors (Lipinski definition) is 2. The van der Waals surface area contributed by atoms with E-state index in [1.165, 1.54) is 22.3 Å². The first-order valence-corrected chi connectivity index (χ1v) is 6.71. The Morgan fingerprint density at radius 3 is 2.61 bits per heavy atom. The van der Waals surface area contributed by atoms with Gasteiger partial charge in [-0.3, -0.25) is 0 Å². The Labute approximate surface area is 110 Å². The summed E-state index contributed by atoms with van der Waals surface area (Å²) in [5.74, 6) is 1.03. The van der Waals surface area contributed by atoms with Crippen molar-refractivity contribution >= 4 is 0 Å². The van der Waals surface area contributed by atoms with Crippen LogP contribution in [0.5, 0.6) is 5.75 Å². The number of nitrogens with one attached hydrogen (secondary N) is 2. The number of benzene rings is 1. The van der Waals surface area contributed by atoms with E-state index in [0.717, 1.165) is 31.8 Å². The van der Waals surface area contributed by atoms with Gasteiger partial charge in [0, 0.05) is 25.7 Å². The summed E-state index contributed by atoms with van der Waals surface area (Å²) in [4.78, 5) is 0. The molecule has 0 aliphatic carbocycles. The zero-order chi connectivity index (χ0) is 13.1. The topological polar surface area (TPSA) is 33.3 Å². The summed E-state index contributed by atoms with van der Waals surface area (Å²) < 4.78 is 5.47. The van der Waals surface area contributed by atoms with Crippen molar-refractivity contribution in [2.75, 3.05) is 26.7 Å². The van der Waals surface area contributed by atoms with Crippen LogP contribution in [0.2, 0.25) is 0 Å². The number of ether oxygens (including phenoxy) is 1. The molecule has 1 atom stereocenters. The van der Waals surface area contributed by atoms with Crippen molar-refractivity contribution in [3.05, 3.63) is 28.3 Å². The van der Waals surface area contributed by atoms with Crippen LogP contribution in [0.4, 0.5) is 0 Å². The van der Waals surface area contributed by atoms with Crippen LogP contribution < -0.4 is 15.4 Å². The Morgan fingerprint density at radius 1 is 1.22 bits per heavy atom. The van der Waals surface area contributed by atoms with Gasteiger partial charge in [0.05, 0.1) is 7.11 Å². The van der Waals surface area contributed by atoms with E-state index in [4.69, 9.17) is 4.74 Å². The first-order chi connectivity index (χ1) is 8.63. The molecule has 1 aromatic rings. The molecular weight excluding hydrogens is 224 g/mol. The average molecular weight is 248 g/mol. The van der Waals surface area contributed by atoms with Gasteiger partial charge in [-0.05, 0) is 49.4 Å². The number of piperazine rings is 1. The van der Waals surface area contributed by atoms with Gasteiger partial charge in [0.15, 0.2) is 0 Å². The molecule has 1 aromatic carbocycles. The summed E-state index contributed by atoms with van der Waals surface area (Å²) in [6.45, 7) is 9.68. The van der Waals surface area contributed by atoms with Gasteiger partial charge >= 0.3 is 0 Å². The molecule has 3 heteroatoms. The first-order valence-electron chi connectivity index (χ1n) is 6.71. The minimum absolute atomic E-state index is 0.546. The van der Waals surface area contributed by atoms with E-state index in [0.29, 0.717) is 6.04 Å².